The standard InChI is InChI=1S/C11H9F3N4O3S/c12-11(13,14)6-1-3-7(4-2-6)22(20,21)18-9-5-8(10(15)19)16-17-9/h1-5H,(H2,15,19)(H2,16,17,18). The quantitative estimate of drug-likeness (QED) is 0.781. The highest BCUT2D eigenvalue weighted by molar-refractivity contribution is 7.92. The molecule has 4 N–H and O–H groups in total. The van der Waals surface area contributed by atoms with Crippen LogP contribution in [0.15, 0.2) is 35.2 Å². The third kappa shape index (κ3) is 3.36. The third-order valence-corrected chi connectivity index (χ3v) is 3.94. The molecule has 2 aromatic rings. The Labute approximate surface area is 122 Å². The molecule has 0 fully saturated rings. The van der Waals surface area contributed by atoms with Gasteiger partial charge >= 0.3 is 6.18 Å². The van der Waals surface area contributed by atoms with Gasteiger partial charge in [-0.1, -0.05) is 0 Å². The Morgan fingerprint density at radius 1 is 1.23 bits per heavy atom. The van der Waals surface area contributed by atoms with Gasteiger partial charge in [0.15, 0.2) is 5.82 Å². The van der Waals surface area contributed by atoms with Crippen LogP contribution < -0.4 is 10.5 Å². The summed E-state index contributed by atoms with van der Waals surface area (Å²) in [7, 11) is -4.14. The Bertz CT molecular complexity index is 797. The normalized spacial score (nSPS) is 12.1. The number of nitrogens with one attached hydrogen (secondary N) is 2. The van der Waals surface area contributed by atoms with Crippen molar-refractivity contribution in [3.8, 4) is 0 Å². The maximum absolute atomic E-state index is 12.4. The molecule has 0 atom stereocenters. The smallest absolute Gasteiger partial charge is 0.364 e. The van der Waals surface area contributed by atoms with E-state index in [2.05, 4.69) is 10.2 Å². The zero-order valence-corrected chi connectivity index (χ0v) is 11.5. The summed E-state index contributed by atoms with van der Waals surface area (Å²) in [6.45, 7) is 0. The van der Waals surface area contributed by atoms with Crippen LogP contribution in [0.5, 0.6) is 0 Å². The lowest BCUT2D eigenvalue weighted by atomic mass is 10.2. The van der Waals surface area contributed by atoms with Gasteiger partial charge in [0.2, 0.25) is 0 Å². The molecule has 1 aromatic carbocycles. The van der Waals surface area contributed by atoms with Crippen LogP contribution in [0.4, 0.5) is 19.0 Å². The highest BCUT2D eigenvalue weighted by atomic mass is 32.2. The van der Waals surface area contributed by atoms with Gasteiger partial charge in [-0.2, -0.15) is 18.3 Å². The van der Waals surface area contributed by atoms with E-state index in [1.165, 1.54) is 0 Å². The molecule has 0 spiro atoms. The van der Waals surface area contributed by atoms with Crippen LogP contribution in [-0.2, 0) is 16.2 Å². The number of nitrogens with two attached hydrogens (primary N) is 1. The molecular formula is C11H9F3N4O3S. The first-order valence-electron chi connectivity index (χ1n) is 5.65. The highest BCUT2D eigenvalue weighted by Crippen LogP contribution is 2.29. The van der Waals surface area contributed by atoms with Crippen molar-refractivity contribution in [3.05, 3.63) is 41.6 Å². The van der Waals surface area contributed by atoms with Gasteiger partial charge in [-0.25, -0.2) is 8.42 Å². The average molecular weight is 334 g/mol. The molecule has 2 rings (SSSR count). The van der Waals surface area contributed by atoms with Crippen LogP contribution >= 0.6 is 0 Å². The summed E-state index contributed by atoms with van der Waals surface area (Å²) in [5.74, 6) is -1.05. The van der Waals surface area contributed by atoms with Crippen molar-refractivity contribution in [1.29, 1.82) is 0 Å². The van der Waals surface area contributed by atoms with Gasteiger partial charge < -0.3 is 5.73 Å². The molecule has 0 saturated carbocycles. The molecule has 1 heterocycles. The van der Waals surface area contributed by atoms with Crippen molar-refractivity contribution < 1.29 is 26.4 Å². The number of aromatic amines is 1. The predicted molar refractivity (Wildman–Crippen MR) is 69.4 cm³/mol. The highest BCUT2D eigenvalue weighted by Gasteiger charge is 2.30. The van der Waals surface area contributed by atoms with Crippen molar-refractivity contribution in [3.63, 3.8) is 0 Å². The number of primary amides is 1. The van der Waals surface area contributed by atoms with E-state index >= 15 is 0 Å². The minimum atomic E-state index is -4.56. The number of H-pyrrole nitrogens is 1. The van der Waals surface area contributed by atoms with Gasteiger partial charge in [-0.3, -0.25) is 14.6 Å². The summed E-state index contributed by atoms with van der Waals surface area (Å²) in [4.78, 5) is 10.5. The number of halogens is 3. The van der Waals surface area contributed by atoms with Gasteiger partial charge in [-0.05, 0) is 24.3 Å². The Balaban J connectivity index is 2.24. The number of nitrogens with zero attached hydrogens (tertiary/aromatic N) is 1. The number of sulfonamides is 1. The van der Waals surface area contributed by atoms with Gasteiger partial charge in [-0.15, -0.1) is 0 Å². The van der Waals surface area contributed by atoms with E-state index in [1.807, 2.05) is 4.72 Å². The van der Waals surface area contributed by atoms with Crippen molar-refractivity contribution in [2.75, 3.05) is 4.72 Å². The first kappa shape index (κ1) is 15.8. The first-order valence-corrected chi connectivity index (χ1v) is 7.13. The van der Waals surface area contributed by atoms with Crippen LogP contribution in [0.2, 0.25) is 0 Å². The summed E-state index contributed by atoms with van der Waals surface area (Å²) < 4.78 is 63.2. The predicted octanol–water partition coefficient (Wildman–Crippen LogP) is 1.33. The Morgan fingerprint density at radius 3 is 2.27 bits per heavy atom. The number of benzene rings is 1. The largest absolute Gasteiger partial charge is 0.416 e. The molecule has 0 bridgehead atoms. The zero-order valence-electron chi connectivity index (χ0n) is 10.7. The van der Waals surface area contributed by atoms with Crippen molar-refractivity contribution >= 4 is 21.7 Å². The lowest BCUT2D eigenvalue weighted by Crippen LogP contribution is -2.14. The molecule has 0 radical (unpaired) electrons. The van der Waals surface area contributed by atoms with Crippen LogP contribution in [0.1, 0.15) is 16.1 Å². The summed E-state index contributed by atoms with van der Waals surface area (Å²) in [5.41, 5.74) is 3.87. The topological polar surface area (TPSA) is 118 Å². The molecule has 0 saturated heterocycles. The van der Waals surface area contributed by atoms with Crippen LogP contribution in [-0.4, -0.2) is 24.5 Å². The monoisotopic (exact) mass is 334 g/mol. The third-order valence-electron chi connectivity index (χ3n) is 2.57. The summed E-state index contributed by atoms with van der Waals surface area (Å²) in [6.07, 6.45) is -4.56. The molecule has 7 nitrogen and oxygen atoms in total. The minimum Gasteiger partial charge on any atom is -0.364 e. The van der Waals surface area contributed by atoms with E-state index in [0.717, 1.165) is 18.2 Å². The van der Waals surface area contributed by atoms with Crippen molar-refractivity contribution in [2.24, 2.45) is 5.73 Å². The van der Waals surface area contributed by atoms with E-state index in [0.29, 0.717) is 12.1 Å². The zero-order chi connectivity index (χ0) is 16.5. The molecule has 0 aliphatic carbocycles. The number of alkyl halides is 3. The lowest BCUT2D eigenvalue weighted by molar-refractivity contribution is -0.137. The number of rotatable bonds is 4. The number of anilines is 1. The second-order valence-electron chi connectivity index (χ2n) is 4.16. The lowest BCUT2D eigenvalue weighted by Gasteiger charge is -2.08. The molecule has 22 heavy (non-hydrogen) atoms. The second-order valence-corrected chi connectivity index (χ2v) is 5.84. The van der Waals surface area contributed by atoms with E-state index in [1.54, 1.807) is 0 Å². The van der Waals surface area contributed by atoms with Gasteiger partial charge in [0, 0.05) is 6.07 Å². The Morgan fingerprint density at radius 2 is 1.82 bits per heavy atom. The Hall–Kier alpha value is -2.56. The summed E-state index contributed by atoms with van der Waals surface area (Å²) in [5, 5.41) is 5.72. The van der Waals surface area contributed by atoms with E-state index < -0.39 is 27.7 Å². The molecule has 1 amide bonds. The molecule has 11 heteroatoms. The molecule has 118 valence electrons. The van der Waals surface area contributed by atoms with Gasteiger partial charge in [0.05, 0.1) is 10.5 Å². The summed E-state index contributed by atoms with van der Waals surface area (Å²) in [6, 6.07) is 3.98. The minimum absolute atomic E-state index is 0.120. The summed E-state index contributed by atoms with van der Waals surface area (Å²) >= 11 is 0. The number of hydrogen-bond acceptors (Lipinski definition) is 4. The van der Waals surface area contributed by atoms with Gasteiger partial charge in [0.1, 0.15) is 5.69 Å². The maximum Gasteiger partial charge on any atom is 0.416 e. The van der Waals surface area contributed by atoms with Crippen molar-refractivity contribution in [2.45, 2.75) is 11.1 Å². The molecule has 0 aliphatic heterocycles. The number of amides is 1. The van der Waals surface area contributed by atoms with Crippen LogP contribution in [0, 0.1) is 0 Å². The fraction of sp³-hybridized carbons (Fsp3) is 0.0909. The molecule has 0 aliphatic rings. The number of hydrogen-bond donors (Lipinski definition) is 3. The fourth-order valence-electron chi connectivity index (χ4n) is 1.52. The first-order chi connectivity index (χ1) is 10.1. The molecular weight excluding hydrogens is 325 g/mol. The van der Waals surface area contributed by atoms with E-state index in [4.69, 9.17) is 5.73 Å². The maximum atomic E-state index is 12.4. The second kappa shape index (κ2) is 5.33. The van der Waals surface area contributed by atoms with Crippen LogP contribution in [0.3, 0.4) is 0 Å². The van der Waals surface area contributed by atoms with Crippen molar-refractivity contribution in [1.82, 2.24) is 10.2 Å². The van der Waals surface area contributed by atoms with Gasteiger partial charge in [0.25, 0.3) is 15.9 Å². The fourth-order valence-corrected chi connectivity index (χ4v) is 2.51. The molecule has 1 aromatic heterocycles. The Kier molecular flexibility index (Phi) is 3.83. The SMILES string of the molecule is NC(=O)c1cc(NS(=O)(=O)c2ccc(C(F)(F)F)cc2)n[nH]1. The van der Waals surface area contributed by atoms with Crippen LogP contribution in [0.25, 0.3) is 0 Å². The molecule has 0 unspecified atom stereocenters. The van der Waals surface area contributed by atoms with E-state index in [-0.39, 0.29) is 16.4 Å². The number of aromatic nitrogens is 2. The average Bonchev–Trinajstić information content (AvgIpc) is 2.86. The number of carbonyl (C=O) groups is 1. The van der Waals surface area contributed by atoms with E-state index in [9.17, 15) is 26.4 Å². The number of carbonyl (C=O) groups excluding carboxylic acids is 1.